The molecule has 1 N–H and O–H groups in total. The van der Waals surface area contributed by atoms with Gasteiger partial charge in [-0.3, -0.25) is 4.79 Å². The molecule has 1 aliphatic heterocycles. The van der Waals surface area contributed by atoms with Crippen molar-refractivity contribution in [2.45, 2.75) is 39.7 Å². The first-order valence-electron chi connectivity index (χ1n) is 10.2. The number of halogens is 2. The van der Waals surface area contributed by atoms with Crippen LogP contribution >= 0.6 is 23.2 Å². The fraction of sp³-hybridized carbons (Fsp3) is 0.333. The number of rotatable bonds is 7. The van der Waals surface area contributed by atoms with E-state index in [1.54, 1.807) is 30.5 Å². The number of nitrogens with one attached hydrogen (secondary N) is 1. The van der Waals surface area contributed by atoms with Gasteiger partial charge in [-0.1, -0.05) is 42.3 Å². The zero-order chi connectivity index (χ0) is 22.6. The fourth-order valence-electron chi connectivity index (χ4n) is 3.76. The second-order valence-corrected chi connectivity index (χ2v) is 8.91. The first kappa shape index (κ1) is 23.2. The predicted molar refractivity (Wildman–Crippen MR) is 130 cm³/mol. The highest BCUT2D eigenvalue weighted by Crippen LogP contribution is 2.41. The largest absolute Gasteiger partial charge is 0.484 e. The van der Waals surface area contributed by atoms with Crippen molar-refractivity contribution in [2.24, 2.45) is 5.10 Å². The maximum atomic E-state index is 12.0. The molecule has 164 valence electrons. The number of carbonyl (C=O) groups excluding carboxylic acids is 1. The van der Waals surface area contributed by atoms with E-state index >= 15 is 0 Å². The van der Waals surface area contributed by atoms with Crippen LogP contribution in [0.2, 0.25) is 10.0 Å². The Hall–Kier alpha value is -2.50. The lowest BCUT2D eigenvalue weighted by molar-refractivity contribution is -0.123. The summed E-state index contributed by atoms with van der Waals surface area (Å²) in [7, 11) is 0. The molecule has 2 aromatic rings. The van der Waals surface area contributed by atoms with Crippen molar-refractivity contribution in [1.82, 2.24) is 5.43 Å². The summed E-state index contributed by atoms with van der Waals surface area (Å²) in [5.74, 6) is 0.142. The Morgan fingerprint density at radius 1 is 1.26 bits per heavy atom. The summed E-state index contributed by atoms with van der Waals surface area (Å²) in [5.41, 5.74) is 6.55. The van der Waals surface area contributed by atoms with Crippen molar-refractivity contribution in [3.05, 3.63) is 63.6 Å². The number of hydrazone groups is 1. The summed E-state index contributed by atoms with van der Waals surface area (Å²) in [5, 5.41) is 5.17. The van der Waals surface area contributed by atoms with Gasteiger partial charge in [0, 0.05) is 28.4 Å². The lowest BCUT2D eigenvalue weighted by Gasteiger charge is -2.43. The number of hydrogen-bond donors (Lipinski definition) is 1. The molecule has 0 radical (unpaired) electrons. The van der Waals surface area contributed by atoms with Crippen molar-refractivity contribution in [3.8, 4) is 5.75 Å². The number of allylic oxidation sites excluding steroid dienone is 1. The first-order valence-corrected chi connectivity index (χ1v) is 11.0. The van der Waals surface area contributed by atoms with Crippen molar-refractivity contribution in [2.75, 3.05) is 18.1 Å². The Balaban J connectivity index is 1.70. The molecule has 0 aromatic heterocycles. The molecular weight excluding hydrogens is 433 g/mol. The molecule has 0 saturated carbocycles. The van der Waals surface area contributed by atoms with Crippen LogP contribution in [0.15, 0.2) is 47.6 Å². The van der Waals surface area contributed by atoms with Gasteiger partial charge in [-0.05, 0) is 63.1 Å². The van der Waals surface area contributed by atoms with Gasteiger partial charge in [0.1, 0.15) is 5.75 Å². The van der Waals surface area contributed by atoms with Gasteiger partial charge in [-0.15, -0.1) is 0 Å². The average Bonchev–Trinajstić information content (AvgIpc) is 2.70. The molecule has 0 atom stereocenters. The summed E-state index contributed by atoms with van der Waals surface area (Å²) in [6, 6.07) is 10.9. The molecule has 0 aliphatic carbocycles. The van der Waals surface area contributed by atoms with Gasteiger partial charge in [0.05, 0.1) is 16.8 Å². The summed E-state index contributed by atoms with van der Waals surface area (Å²) in [4.78, 5) is 14.4. The summed E-state index contributed by atoms with van der Waals surface area (Å²) >= 11 is 12.5. The zero-order valence-corrected chi connectivity index (χ0v) is 19.7. The number of anilines is 1. The molecule has 3 rings (SSSR count). The van der Waals surface area contributed by atoms with Gasteiger partial charge in [-0.25, -0.2) is 5.43 Å². The van der Waals surface area contributed by atoms with E-state index in [-0.39, 0.29) is 18.1 Å². The van der Waals surface area contributed by atoms with Crippen molar-refractivity contribution < 1.29 is 9.53 Å². The normalized spacial score (nSPS) is 14.9. The van der Waals surface area contributed by atoms with Crippen molar-refractivity contribution >= 4 is 46.6 Å². The molecule has 1 heterocycles. The van der Waals surface area contributed by atoms with E-state index in [0.717, 1.165) is 29.8 Å². The maximum absolute atomic E-state index is 12.0. The van der Waals surface area contributed by atoms with Crippen LogP contribution in [0, 0.1) is 0 Å². The van der Waals surface area contributed by atoms with Crippen LogP contribution in [0.3, 0.4) is 0 Å². The molecule has 0 spiro atoms. The SMILES string of the molecule is CCCN1c2cc(Cl)c(/C=N/NC(=O)COc3cccc(Cl)c3)cc2C(C)=CC1(C)C. The summed E-state index contributed by atoms with van der Waals surface area (Å²) in [6.07, 6.45) is 4.87. The number of amides is 1. The monoisotopic (exact) mass is 459 g/mol. The second kappa shape index (κ2) is 9.75. The van der Waals surface area contributed by atoms with Crippen molar-refractivity contribution in [1.29, 1.82) is 0 Å². The van der Waals surface area contributed by atoms with Crippen LogP contribution < -0.4 is 15.1 Å². The van der Waals surface area contributed by atoms with Crippen LogP contribution in [-0.2, 0) is 4.79 Å². The average molecular weight is 460 g/mol. The number of carbonyl (C=O) groups is 1. The Bertz CT molecular complexity index is 1030. The van der Waals surface area contributed by atoms with Crippen LogP contribution in [-0.4, -0.2) is 30.8 Å². The molecule has 5 nitrogen and oxygen atoms in total. The van der Waals surface area contributed by atoms with Gasteiger partial charge >= 0.3 is 0 Å². The Morgan fingerprint density at radius 2 is 2.03 bits per heavy atom. The third-order valence-electron chi connectivity index (χ3n) is 5.10. The Kier molecular flexibility index (Phi) is 7.29. The zero-order valence-electron chi connectivity index (χ0n) is 18.2. The van der Waals surface area contributed by atoms with Crippen LogP contribution in [0.4, 0.5) is 5.69 Å². The molecule has 0 saturated heterocycles. The van der Waals surface area contributed by atoms with Gasteiger partial charge in [-0.2, -0.15) is 5.10 Å². The topological polar surface area (TPSA) is 53.9 Å². The smallest absolute Gasteiger partial charge is 0.277 e. The van der Waals surface area contributed by atoms with E-state index in [9.17, 15) is 4.79 Å². The molecule has 7 heteroatoms. The van der Waals surface area contributed by atoms with E-state index in [1.165, 1.54) is 5.57 Å². The lowest BCUT2D eigenvalue weighted by Crippen LogP contribution is -2.45. The van der Waals surface area contributed by atoms with E-state index < -0.39 is 0 Å². The molecule has 1 amide bonds. The molecular formula is C24H27Cl2N3O2. The van der Waals surface area contributed by atoms with E-state index in [4.69, 9.17) is 27.9 Å². The standard InChI is InChI=1S/C24H27Cl2N3O2/c1-5-9-29-22-12-21(26)17(10-20(22)16(2)13-24(29,3)4)14-27-28-23(30)15-31-19-8-6-7-18(25)11-19/h6-8,10-14H,5,9,15H2,1-4H3,(H,28,30)/b27-14+. The van der Waals surface area contributed by atoms with E-state index in [2.05, 4.69) is 49.2 Å². The Morgan fingerprint density at radius 3 is 2.74 bits per heavy atom. The minimum absolute atomic E-state index is 0.0804. The number of benzene rings is 2. The number of fused-ring (bicyclic) bond motifs is 1. The van der Waals surface area contributed by atoms with Gasteiger partial charge in [0.2, 0.25) is 0 Å². The minimum atomic E-state index is -0.378. The number of hydrogen-bond acceptors (Lipinski definition) is 4. The van der Waals surface area contributed by atoms with E-state index in [1.807, 2.05) is 12.1 Å². The van der Waals surface area contributed by atoms with Gasteiger partial charge in [0.15, 0.2) is 6.61 Å². The fourth-order valence-corrected chi connectivity index (χ4v) is 4.14. The van der Waals surface area contributed by atoms with E-state index in [0.29, 0.717) is 15.8 Å². The third-order valence-corrected chi connectivity index (χ3v) is 5.66. The van der Waals surface area contributed by atoms with Crippen LogP contribution in [0.25, 0.3) is 5.57 Å². The molecule has 0 fully saturated rings. The molecule has 2 aromatic carbocycles. The highest BCUT2D eigenvalue weighted by atomic mass is 35.5. The summed E-state index contributed by atoms with van der Waals surface area (Å²) < 4.78 is 5.41. The Labute approximate surface area is 193 Å². The second-order valence-electron chi connectivity index (χ2n) is 8.06. The minimum Gasteiger partial charge on any atom is -0.484 e. The molecule has 1 aliphatic rings. The first-order chi connectivity index (χ1) is 14.7. The number of ether oxygens (including phenoxy) is 1. The van der Waals surface area contributed by atoms with Crippen molar-refractivity contribution in [3.63, 3.8) is 0 Å². The predicted octanol–water partition coefficient (Wildman–Crippen LogP) is 5.93. The molecule has 31 heavy (non-hydrogen) atoms. The van der Waals surface area contributed by atoms with Gasteiger partial charge in [0.25, 0.3) is 5.91 Å². The molecule has 0 bridgehead atoms. The maximum Gasteiger partial charge on any atom is 0.277 e. The molecule has 0 unspecified atom stereocenters. The van der Waals surface area contributed by atoms with Crippen LogP contribution in [0.1, 0.15) is 45.2 Å². The summed E-state index contributed by atoms with van der Waals surface area (Å²) in [6.45, 7) is 9.46. The lowest BCUT2D eigenvalue weighted by atomic mass is 9.88. The third kappa shape index (κ3) is 5.60. The highest BCUT2D eigenvalue weighted by Gasteiger charge is 2.31. The highest BCUT2D eigenvalue weighted by molar-refractivity contribution is 6.33. The number of nitrogens with zero attached hydrogens (tertiary/aromatic N) is 2. The van der Waals surface area contributed by atoms with Gasteiger partial charge < -0.3 is 9.64 Å². The van der Waals surface area contributed by atoms with Crippen LogP contribution in [0.5, 0.6) is 5.75 Å². The quantitative estimate of drug-likeness (QED) is 0.411.